The molecule has 1 saturated heterocycles. The van der Waals surface area contributed by atoms with Gasteiger partial charge in [-0.05, 0) is 47.8 Å². The molecule has 2 unspecified atom stereocenters. The van der Waals surface area contributed by atoms with Crippen LogP contribution in [0.5, 0.6) is 0 Å². The summed E-state index contributed by atoms with van der Waals surface area (Å²) in [5.41, 5.74) is 3.52. The highest BCUT2D eigenvalue weighted by Gasteiger charge is 2.32. The van der Waals surface area contributed by atoms with E-state index in [4.69, 9.17) is 0 Å². The van der Waals surface area contributed by atoms with Crippen LogP contribution in [0.3, 0.4) is 0 Å². The molecule has 0 aromatic carbocycles. The van der Waals surface area contributed by atoms with E-state index in [0.717, 1.165) is 19.0 Å². The van der Waals surface area contributed by atoms with Crippen LogP contribution in [-0.4, -0.2) is 19.1 Å². The van der Waals surface area contributed by atoms with Crippen LogP contribution in [-0.2, 0) is 0 Å². The Hall–Kier alpha value is -0.760. The van der Waals surface area contributed by atoms with Crippen molar-refractivity contribution in [1.82, 2.24) is 10.6 Å². The summed E-state index contributed by atoms with van der Waals surface area (Å²) in [6.07, 6.45) is 7.26. The quantitative estimate of drug-likeness (QED) is 0.760. The number of nitrogens with one attached hydrogen (secondary N) is 2. The van der Waals surface area contributed by atoms with E-state index < -0.39 is 0 Å². The number of rotatable bonds is 1. The summed E-state index contributed by atoms with van der Waals surface area (Å²) >= 11 is 0. The van der Waals surface area contributed by atoms with Crippen LogP contribution in [0.15, 0.2) is 23.4 Å². The maximum atomic E-state index is 3.70. The molecule has 2 aliphatic rings. The summed E-state index contributed by atoms with van der Waals surface area (Å²) in [5, 5.41) is 7.29. The Morgan fingerprint density at radius 1 is 1.10 bits per heavy atom. The first-order valence-corrected chi connectivity index (χ1v) is 8.07. The lowest BCUT2D eigenvalue weighted by Crippen LogP contribution is -2.46. The molecular weight excluding hydrogens is 244 g/mol. The zero-order valence-electron chi connectivity index (χ0n) is 14.1. The van der Waals surface area contributed by atoms with Crippen molar-refractivity contribution in [2.45, 2.75) is 60.4 Å². The van der Waals surface area contributed by atoms with E-state index in [2.05, 4.69) is 64.3 Å². The second-order valence-corrected chi connectivity index (χ2v) is 8.48. The molecule has 2 atom stereocenters. The molecule has 20 heavy (non-hydrogen) atoms. The lowest BCUT2D eigenvalue weighted by molar-refractivity contribution is 0.168. The SMILES string of the molecule is CC(C)(C)C1=CCNC(C2CC(C(C)(C)C)CCN2)=C1. The number of allylic oxidation sites excluding steroid dienone is 2. The van der Waals surface area contributed by atoms with E-state index >= 15 is 0 Å². The van der Waals surface area contributed by atoms with Gasteiger partial charge in [0.25, 0.3) is 0 Å². The largest absolute Gasteiger partial charge is 0.384 e. The molecule has 0 bridgehead atoms. The van der Waals surface area contributed by atoms with E-state index in [1.807, 2.05) is 0 Å². The molecule has 0 aromatic rings. The van der Waals surface area contributed by atoms with Crippen LogP contribution in [0, 0.1) is 16.7 Å². The van der Waals surface area contributed by atoms with E-state index in [0.29, 0.717) is 11.5 Å². The van der Waals surface area contributed by atoms with Crippen LogP contribution in [0.1, 0.15) is 54.4 Å². The van der Waals surface area contributed by atoms with E-state index in [1.54, 1.807) is 0 Å². The Kier molecular flexibility index (Phi) is 4.34. The predicted octanol–water partition coefficient (Wildman–Crippen LogP) is 3.86. The third-order valence-corrected chi connectivity index (χ3v) is 4.81. The molecule has 2 heteroatoms. The maximum absolute atomic E-state index is 3.70. The third kappa shape index (κ3) is 3.66. The summed E-state index contributed by atoms with van der Waals surface area (Å²) in [4.78, 5) is 0. The molecule has 0 saturated carbocycles. The summed E-state index contributed by atoms with van der Waals surface area (Å²) in [6.45, 7) is 16.1. The van der Waals surface area contributed by atoms with Crippen molar-refractivity contribution in [2.24, 2.45) is 16.7 Å². The fraction of sp³-hybridized carbons (Fsp3) is 0.778. The Morgan fingerprint density at radius 3 is 2.40 bits per heavy atom. The molecule has 2 aliphatic heterocycles. The monoisotopic (exact) mass is 276 g/mol. The molecule has 114 valence electrons. The van der Waals surface area contributed by atoms with Crippen LogP contribution < -0.4 is 10.6 Å². The van der Waals surface area contributed by atoms with Gasteiger partial charge in [0, 0.05) is 18.3 Å². The normalized spacial score (nSPS) is 28.5. The minimum atomic E-state index is 0.242. The van der Waals surface area contributed by atoms with Crippen LogP contribution in [0.4, 0.5) is 0 Å². The summed E-state index contributed by atoms with van der Waals surface area (Å²) in [7, 11) is 0. The van der Waals surface area contributed by atoms with Gasteiger partial charge in [0.2, 0.25) is 0 Å². The first kappa shape index (κ1) is 15.6. The number of hydrogen-bond acceptors (Lipinski definition) is 2. The Labute approximate surface area is 125 Å². The zero-order chi connectivity index (χ0) is 15.0. The van der Waals surface area contributed by atoms with Gasteiger partial charge in [-0.2, -0.15) is 0 Å². The summed E-state index contributed by atoms with van der Waals surface area (Å²) < 4.78 is 0. The Balaban J connectivity index is 2.12. The molecule has 2 nitrogen and oxygen atoms in total. The zero-order valence-corrected chi connectivity index (χ0v) is 14.1. The van der Waals surface area contributed by atoms with E-state index in [9.17, 15) is 0 Å². The van der Waals surface area contributed by atoms with Crippen molar-refractivity contribution in [1.29, 1.82) is 0 Å². The molecular formula is C18H32N2. The smallest absolute Gasteiger partial charge is 0.0472 e. The average molecular weight is 276 g/mol. The Bertz CT molecular complexity index is 404. The summed E-state index contributed by atoms with van der Waals surface area (Å²) in [6, 6.07) is 0.499. The first-order valence-electron chi connectivity index (χ1n) is 8.07. The van der Waals surface area contributed by atoms with Crippen molar-refractivity contribution >= 4 is 0 Å². The molecule has 2 heterocycles. The van der Waals surface area contributed by atoms with Gasteiger partial charge in [0.15, 0.2) is 0 Å². The average Bonchev–Trinajstić information content (AvgIpc) is 2.37. The molecule has 2 N–H and O–H groups in total. The van der Waals surface area contributed by atoms with Crippen molar-refractivity contribution in [3.63, 3.8) is 0 Å². The van der Waals surface area contributed by atoms with Crippen molar-refractivity contribution in [3.05, 3.63) is 23.4 Å². The first-order chi connectivity index (χ1) is 9.18. The van der Waals surface area contributed by atoms with E-state index in [1.165, 1.54) is 24.1 Å². The minimum Gasteiger partial charge on any atom is -0.384 e. The highest BCUT2D eigenvalue weighted by atomic mass is 15.0. The highest BCUT2D eigenvalue weighted by molar-refractivity contribution is 5.34. The lowest BCUT2D eigenvalue weighted by Gasteiger charge is -2.40. The predicted molar refractivity (Wildman–Crippen MR) is 87.6 cm³/mol. The molecule has 0 radical (unpaired) electrons. The molecule has 0 aromatic heterocycles. The van der Waals surface area contributed by atoms with Gasteiger partial charge < -0.3 is 10.6 Å². The lowest BCUT2D eigenvalue weighted by atomic mass is 9.73. The topological polar surface area (TPSA) is 24.1 Å². The van der Waals surface area contributed by atoms with Gasteiger partial charge in [0.1, 0.15) is 0 Å². The molecule has 0 spiro atoms. The number of piperidine rings is 1. The fourth-order valence-corrected chi connectivity index (χ4v) is 3.24. The standard InChI is InChI=1S/C18H32N2/c1-17(2,3)13-7-9-19-15(11-13)16-12-14(8-10-20-16)18(4,5)6/h7,11,14,16,19-20H,8-10,12H2,1-6H3. The number of dihydropyridines is 1. The second-order valence-electron chi connectivity index (χ2n) is 8.48. The minimum absolute atomic E-state index is 0.242. The Morgan fingerprint density at radius 2 is 1.80 bits per heavy atom. The van der Waals surface area contributed by atoms with Gasteiger partial charge in [-0.25, -0.2) is 0 Å². The second kappa shape index (κ2) is 5.55. The van der Waals surface area contributed by atoms with Crippen molar-refractivity contribution in [2.75, 3.05) is 13.1 Å². The molecule has 2 rings (SSSR count). The van der Waals surface area contributed by atoms with Crippen LogP contribution >= 0.6 is 0 Å². The van der Waals surface area contributed by atoms with Gasteiger partial charge >= 0.3 is 0 Å². The van der Waals surface area contributed by atoms with Gasteiger partial charge in [-0.1, -0.05) is 47.6 Å². The number of hydrogen-bond donors (Lipinski definition) is 2. The van der Waals surface area contributed by atoms with Crippen molar-refractivity contribution in [3.8, 4) is 0 Å². The van der Waals surface area contributed by atoms with Crippen molar-refractivity contribution < 1.29 is 0 Å². The van der Waals surface area contributed by atoms with Crippen LogP contribution in [0.2, 0.25) is 0 Å². The molecule has 1 fully saturated rings. The van der Waals surface area contributed by atoms with Gasteiger partial charge in [-0.15, -0.1) is 0 Å². The van der Waals surface area contributed by atoms with Gasteiger partial charge in [0.05, 0.1) is 0 Å². The maximum Gasteiger partial charge on any atom is 0.0472 e. The highest BCUT2D eigenvalue weighted by Crippen LogP contribution is 2.36. The van der Waals surface area contributed by atoms with Crippen LogP contribution in [0.25, 0.3) is 0 Å². The third-order valence-electron chi connectivity index (χ3n) is 4.81. The van der Waals surface area contributed by atoms with Gasteiger partial charge in [-0.3, -0.25) is 0 Å². The van der Waals surface area contributed by atoms with E-state index in [-0.39, 0.29) is 5.41 Å². The molecule has 0 aliphatic carbocycles. The fourth-order valence-electron chi connectivity index (χ4n) is 3.24. The molecule has 0 amide bonds. The summed E-state index contributed by atoms with van der Waals surface area (Å²) in [5.74, 6) is 0.806.